The number of aliphatic carboxylic acids is 2. The molecule has 0 spiro atoms. The molecule has 0 aromatic heterocycles. The normalized spacial score (nSPS) is 14.9. The molecule has 0 radical (unpaired) electrons. The Morgan fingerprint density at radius 1 is 1.17 bits per heavy atom. The van der Waals surface area contributed by atoms with E-state index in [1.54, 1.807) is 0 Å². The number of rotatable bonds is 10. The minimum absolute atomic E-state index is 0.249. The molecule has 3 atom stereocenters. The van der Waals surface area contributed by atoms with Crippen molar-refractivity contribution >= 4 is 23.8 Å². The number of hydrogen-bond donors (Lipinski definition) is 5. The molecule has 29 heavy (non-hydrogen) atoms. The first kappa shape index (κ1) is 22.3. The molecule has 160 valence electrons. The van der Waals surface area contributed by atoms with Crippen LogP contribution in [-0.2, 0) is 24.6 Å². The van der Waals surface area contributed by atoms with Crippen molar-refractivity contribution < 1.29 is 40.3 Å². The lowest BCUT2D eigenvalue weighted by Crippen LogP contribution is -2.58. The van der Waals surface area contributed by atoms with Crippen molar-refractivity contribution in [2.24, 2.45) is 0 Å². The SMILES string of the molecule is [2H]N(C(=O)C(C)(C)c1ccc(F)cc1)[C@H](C(=O)N[C@@H](CCC(=O)O)C(=O)O)[C@@H](C)O. The molecule has 0 bridgehead atoms. The molecule has 5 N–H and O–H groups in total. The van der Waals surface area contributed by atoms with Gasteiger partial charge in [-0.05, 0) is 44.9 Å². The molecule has 1 aromatic rings. The van der Waals surface area contributed by atoms with Crippen molar-refractivity contribution in [2.45, 2.75) is 57.2 Å². The van der Waals surface area contributed by atoms with Gasteiger partial charge in [-0.2, -0.15) is 0 Å². The van der Waals surface area contributed by atoms with Crippen LogP contribution in [0.25, 0.3) is 0 Å². The average molecular weight is 413 g/mol. The molecule has 1 rings (SSSR count). The molecule has 0 unspecified atom stereocenters. The third-order valence-electron chi connectivity index (χ3n) is 4.34. The van der Waals surface area contributed by atoms with Gasteiger partial charge in [0, 0.05) is 6.42 Å². The summed E-state index contributed by atoms with van der Waals surface area (Å²) in [7, 11) is 0. The third-order valence-corrected chi connectivity index (χ3v) is 4.34. The lowest BCUT2D eigenvalue weighted by atomic mass is 9.83. The average Bonchev–Trinajstić information content (AvgIpc) is 2.64. The summed E-state index contributed by atoms with van der Waals surface area (Å²) in [4.78, 5) is 47.4. The number of amides is 2. The van der Waals surface area contributed by atoms with Gasteiger partial charge in [0.2, 0.25) is 11.8 Å². The van der Waals surface area contributed by atoms with Crippen molar-refractivity contribution in [1.29, 1.82) is 0 Å². The Bertz CT molecular complexity index is 799. The van der Waals surface area contributed by atoms with E-state index < -0.39 is 66.0 Å². The van der Waals surface area contributed by atoms with Crippen molar-refractivity contribution in [3.8, 4) is 0 Å². The quantitative estimate of drug-likeness (QED) is 0.372. The van der Waals surface area contributed by atoms with Gasteiger partial charge in [0.15, 0.2) is 1.41 Å². The second-order valence-corrected chi connectivity index (χ2v) is 7.08. The maximum Gasteiger partial charge on any atom is 0.326 e. The summed E-state index contributed by atoms with van der Waals surface area (Å²) in [5.41, 5.74) is -1.00. The zero-order valence-electron chi connectivity index (χ0n) is 17.3. The number of halogens is 1. The summed E-state index contributed by atoms with van der Waals surface area (Å²) >= 11 is 0. The maximum atomic E-state index is 13.2. The highest BCUT2D eigenvalue weighted by molar-refractivity contribution is 5.94. The van der Waals surface area contributed by atoms with E-state index in [2.05, 4.69) is 5.32 Å². The molecule has 2 amide bonds. The number of nitrogens with one attached hydrogen (secondary N) is 2. The van der Waals surface area contributed by atoms with Gasteiger partial charge >= 0.3 is 11.9 Å². The van der Waals surface area contributed by atoms with Gasteiger partial charge in [0.1, 0.15) is 17.9 Å². The first-order chi connectivity index (χ1) is 13.8. The van der Waals surface area contributed by atoms with Crippen molar-refractivity contribution in [3.05, 3.63) is 35.6 Å². The van der Waals surface area contributed by atoms with Crippen molar-refractivity contribution in [1.82, 2.24) is 10.6 Å². The molecule has 0 aliphatic rings. The van der Waals surface area contributed by atoms with Gasteiger partial charge in [0.25, 0.3) is 0 Å². The minimum Gasteiger partial charge on any atom is -0.481 e. The molecule has 9 nitrogen and oxygen atoms in total. The van der Waals surface area contributed by atoms with Gasteiger partial charge in [-0.25, -0.2) is 9.18 Å². The number of carbonyl (C=O) groups excluding carboxylic acids is 2. The Balaban J connectivity index is 3.07. The summed E-state index contributed by atoms with van der Waals surface area (Å²) in [6, 6.07) is 1.64. The summed E-state index contributed by atoms with van der Waals surface area (Å²) in [5, 5.41) is 30.2. The standard InChI is InChI=1S/C19H25FN2O7/c1-10(23)15(16(26)21-13(17(27)28)8-9-14(24)25)22-18(29)19(2,3)11-4-6-12(20)7-5-11/h4-7,10,13,15,23H,8-9H2,1-3H3,(H,21,26)(H,22,29)(H,24,25)(H,27,28)/t10-,13+,15+/m1/s1/i/hD. The van der Waals surface area contributed by atoms with Crippen LogP contribution in [0.15, 0.2) is 24.3 Å². The van der Waals surface area contributed by atoms with Crippen LogP contribution in [0.5, 0.6) is 0 Å². The van der Waals surface area contributed by atoms with E-state index in [1.165, 1.54) is 26.0 Å². The van der Waals surface area contributed by atoms with Crippen LogP contribution < -0.4 is 10.6 Å². The van der Waals surface area contributed by atoms with E-state index in [1.807, 2.05) is 0 Å². The van der Waals surface area contributed by atoms with Gasteiger partial charge in [-0.15, -0.1) is 0 Å². The van der Waals surface area contributed by atoms with Crippen LogP contribution in [0.4, 0.5) is 4.39 Å². The smallest absolute Gasteiger partial charge is 0.326 e. The molecule has 0 aliphatic heterocycles. The molecule has 0 saturated heterocycles. The largest absolute Gasteiger partial charge is 0.481 e. The Labute approximate surface area is 168 Å². The number of carboxylic acid groups (broad SMARTS) is 2. The lowest BCUT2D eigenvalue weighted by molar-refractivity contribution is -0.144. The fourth-order valence-corrected chi connectivity index (χ4v) is 2.45. The van der Waals surface area contributed by atoms with Crippen LogP contribution in [-0.4, -0.2) is 57.3 Å². The van der Waals surface area contributed by atoms with Gasteiger partial charge in [-0.3, -0.25) is 14.4 Å². The predicted molar refractivity (Wildman–Crippen MR) is 99.5 cm³/mol. The zero-order chi connectivity index (χ0) is 23.2. The number of carbonyl (C=O) groups is 4. The van der Waals surface area contributed by atoms with E-state index in [-0.39, 0.29) is 5.31 Å². The molecular weight excluding hydrogens is 387 g/mol. The Hall–Kier alpha value is -3.01. The molecule has 0 aliphatic carbocycles. The molecular formula is C19H25FN2O7. The Kier molecular flexibility index (Phi) is 7.66. The van der Waals surface area contributed by atoms with E-state index in [0.717, 1.165) is 19.1 Å². The molecule has 10 heteroatoms. The lowest BCUT2D eigenvalue weighted by Gasteiger charge is -2.29. The van der Waals surface area contributed by atoms with Gasteiger partial charge < -0.3 is 25.9 Å². The summed E-state index contributed by atoms with van der Waals surface area (Å²) < 4.78 is 21.3. The molecule has 1 aromatic carbocycles. The molecule has 0 fully saturated rings. The van der Waals surface area contributed by atoms with Gasteiger partial charge in [0.05, 0.1) is 11.5 Å². The molecule has 0 heterocycles. The fourth-order valence-electron chi connectivity index (χ4n) is 2.45. The van der Waals surface area contributed by atoms with Crippen LogP contribution >= 0.6 is 0 Å². The Morgan fingerprint density at radius 2 is 1.72 bits per heavy atom. The third kappa shape index (κ3) is 6.83. The van der Waals surface area contributed by atoms with Crippen LogP contribution in [0.2, 0.25) is 1.41 Å². The number of benzene rings is 1. The second-order valence-electron chi connectivity index (χ2n) is 7.08. The molecule has 0 saturated carbocycles. The number of hydrogen-bond acceptors (Lipinski definition) is 5. The zero-order valence-corrected chi connectivity index (χ0v) is 16.3. The maximum absolute atomic E-state index is 13.2. The predicted octanol–water partition coefficient (Wildman–Crippen LogP) is 0.403. The summed E-state index contributed by atoms with van der Waals surface area (Å²) in [5.74, 6) is -5.30. The number of aliphatic hydroxyl groups excluding tert-OH is 1. The first-order valence-corrected chi connectivity index (χ1v) is 8.80. The van der Waals surface area contributed by atoms with E-state index >= 15 is 0 Å². The van der Waals surface area contributed by atoms with Crippen LogP contribution in [0.1, 0.15) is 39.2 Å². The number of aliphatic hydroxyl groups is 1. The monoisotopic (exact) mass is 413 g/mol. The second kappa shape index (κ2) is 9.97. The van der Waals surface area contributed by atoms with Crippen molar-refractivity contribution in [3.63, 3.8) is 0 Å². The highest BCUT2D eigenvalue weighted by atomic mass is 19.1. The summed E-state index contributed by atoms with van der Waals surface area (Å²) in [6.07, 6.45) is -2.49. The van der Waals surface area contributed by atoms with Crippen molar-refractivity contribution in [2.75, 3.05) is 0 Å². The van der Waals surface area contributed by atoms with Crippen LogP contribution in [0.3, 0.4) is 0 Å². The van der Waals surface area contributed by atoms with E-state index in [0.29, 0.717) is 5.56 Å². The fraction of sp³-hybridized carbons (Fsp3) is 0.474. The number of carboxylic acids is 2. The highest BCUT2D eigenvalue weighted by Gasteiger charge is 2.36. The first-order valence-electron chi connectivity index (χ1n) is 9.25. The van der Waals surface area contributed by atoms with Crippen LogP contribution in [0, 0.1) is 5.82 Å². The highest BCUT2D eigenvalue weighted by Crippen LogP contribution is 2.24. The Morgan fingerprint density at radius 3 is 2.17 bits per heavy atom. The van der Waals surface area contributed by atoms with E-state index in [4.69, 9.17) is 6.52 Å². The summed E-state index contributed by atoms with van der Waals surface area (Å²) in [6.45, 7) is 4.05. The van der Waals surface area contributed by atoms with Gasteiger partial charge in [-0.1, -0.05) is 12.1 Å². The minimum atomic E-state index is -1.76. The van der Waals surface area contributed by atoms with E-state index in [9.17, 15) is 33.8 Å². The topological polar surface area (TPSA) is 153 Å².